The molecule has 0 aromatic rings. The molecule has 1 saturated carbocycles. The van der Waals surface area contributed by atoms with Crippen LogP contribution in [0.15, 0.2) is 0 Å². The number of nitrogens with zero attached hydrogens (tertiary/aromatic N) is 1. The Kier molecular flexibility index (Phi) is 4.35. The van der Waals surface area contributed by atoms with Gasteiger partial charge in [-0.25, -0.2) is 0 Å². The largest absolute Gasteiger partial charge is 0.328 e. The zero-order valence-corrected chi connectivity index (χ0v) is 10.8. The first-order valence-electron chi connectivity index (χ1n) is 6.20. The Morgan fingerprint density at radius 3 is 2.62 bits per heavy atom. The van der Waals surface area contributed by atoms with Gasteiger partial charge >= 0.3 is 0 Å². The Morgan fingerprint density at radius 2 is 2.06 bits per heavy atom. The molecule has 92 valence electrons. The van der Waals surface area contributed by atoms with E-state index in [1.54, 1.807) is 0 Å². The van der Waals surface area contributed by atoms with E-state index >= 15 is 0 Å². The van der Waals surface area contributed by atoms with Crippen LogP contribution in [0.2, 0.25) is 0 Å². The molecule has 1 aliphatic rings. The monoisotopic (exact) mass is 223 g/mol. The highest BCUT2D eigenvalue weighted by molar-refractivity contribution is 4.94. The molecule has 1 aliphatic carbocycles. The summed E-state index contributed by atoms with van der Waals surface area (Å²) in [5.41, 5.74) is 6.78. The fraction of sp³-hybridized carbons (Fsp3) is 0.923. The fourth-order valence-electron chi connectivity index (χ4n) is 3.38. The molecule has 16 heavy (non-hydrogen) atoms. The lowest BCUT2D eigenvalue weighted by Gasteiger charge is -2.45. The zero-order valence-electron chi connectivity index (χ0n) is 10.8. The molecule has 0 spiro atoms. The number of hydrogen-bond acceptors (Lipinski definition) is 3. The van der Waals surface area contributed by atoms with Crippen molar-refractivity contribution in [2.75, 3.05) is 13.1 Å². The van der Waals surface area contributed by atoms with E-state index in [2.05, 4.69) is 32.2 Å². The molecule has 0 radical (unpaired) electrons. The van der Waals surface area contributed by atoms with Crippen LogP contribution in [0.3, 0.4) is 0 Å². The average Bonchev–Trinajstić information content (AvgIpc) is 2.08. The SMILES string of the molecule is CC1(C)CC(N)CC(C)(CNCCC#N)C1. The summed E-state index contributed by atoms with van der Waals surface area (Å²) in [6, 6.07) is 2.48. The molecule has 0 aromatic heterocycles. The second-order valence-electron chi connectivity index (χ2n) is 6.40. The van der Waals surface area contributed by atoms with Crippen molar-refractivity contribution in [1.82, 2.24) is 5.32 Å². The minimum Gasteiger partial charge on any atom is -0.328 e. The summed E-state index contributed by atoms with van der Waals surface area (Å²) in [5, 5.41) is 11.9. The Labute approximate surface area is 99.4 Å². The molecule has 1 fully saturated rings. The van der Waals surface area contributed by atoms with Gasteiger partial charge in [0.15, 0.2) is 0 Å². The normalized spacial score (nSPS) is 33.3. The van der Waals surface area contributed by atoms with E-state index in [1.807, 2.05) is 0 Å². The smallest absolute Gasteiger partial charge is 0.0635 e. The number of nitriles is 1. The van der Waals surface area contributed by atoms with Crippen LogP contribution in [0.25, 0.3) is 0 Å². The molecule has 0 aromatic carbocycles. The third-order valence-electron chi connectivity index (χ3n) is 3.44. The number of nitrogens with two attached hydrogens (primary N) is 1. The van der Waals surface area contributed by atoms with Crippen molar-refractivity contribution in [3.8, 4) is 6.07 Å². The predicted octanol–water partition coefficient (Wildman–Crippen LogP) is 2.03. The van der Waals surface area contributed by atoms with E-state index < -0.39 is 0 Å². The van der Waals surface area contributed by atoms with Crippen LogP contribution >= 0.6 is 0 Å². The van der Waals surface area contributed by atoms with Gasteiger partial charge in [0.05, 0.1) is 6.07 Å². The van der Waals surface area contributed by atoms with Crippen LogP contribution in [0.1, 0.15) is 46.5 Å². The Balaban J connectivity index is 2.46. The number of nitrogens with one attached hydrogen (secondary N) is 1. The maximum atomic E-state index is 8.48. The molecule has 0 amide bonds. The lowest BCUT2D eigenvalue weighted by Crippen LogP contribution is -2.46. The molecule has 0 aliphatic heterocycles. The van der Waals surface area contributed by atoms with Gasteiger partial charge in [0.25, 0.3) is 0 Å². The predicted molar refractivity (Wildman–Crippen MR) is 66.8 cm³/mol. The standard InChI is InChI=1S/C13H25N3/c1-12(2)7-11(15)8-13(3,9-12)10-16-6-4-5-14/h11,16H,4,6-10,15H2,1-3H3. The summed E-state index contributed by atoms with van der Waals surface area (Å²) in [6.07, 6.45) is 4.02. The highest BCUT2D eigenvalue weighted by Gasteiger charge is 2.39. The third-order valence-corrected chi connectivity index (χ3v) is 3.44. The zero-order chi connectivity index (χ0) is 12.2. The first-order valence-corrected chi connectivity index (χ1v) is 6.20. The molecule has 3 nitrogen and oxygen atoms in total. The van der Waals surface area contributed by atoms with Gasteiger partial charge in [-0.2, -0.15) is 5.26 Å². The molecule has 3 N–H and O–H groups in total. The minimum absolute atomic E-state index is 0.288. The number of rotatable bonds is 4. The van der Waals surface area contributed by atoms with E-state index in [4.69, 9.17) is 11.0 Å². The van der Waals surface area contributed by atoms with Crippen molar-refractivity contribution in [3.05, 3.63) is 0 Å². The van der Waals surface area contributed by atoms with Crippen molar-refractivity contribution in [3.63, 3.8) is 0 Å². The summed E-state index contributed by atoms with van der Waals surface area (Å²) in [4.78, 5) is 0. The van der Waals surface area contributed by atoms with Gasteiger partial charge in [-0.05, 0) is 30.1 Å². The maximum Gasteiger partial charge on any atom is 0.0635 e. The third kappa shape index (κ3) is 4.11. The summed E-state index contributed by atoms with van der Waals surface area (Å²) in [7, 11) is 0. The highest BCUT2D eigenvalue weighted by Crippen LogP contribution is 2.45. The van der Waals surface area contributed by atoms with Crippen LogP contribution in [0.5, 0.6) is 0 Å². The Morgan fingerprint density at radius 1 is 1.38 bits per heavy atom. The van der Waals surface area contributed by atoms with E-state index in [-0.39, 0.29) is 5.41 Å². The Bertz CT molecular complexity index is 267. The van der Waals surface area contributed by atoms with Gasteiger partial charge in [-0.1, -0.05) is 20.8 Å². The molecule has 0 bridgehead atoms. The first-order chi connectivity index (χ1) is 7.37. The van der Waals surface area contributed by atoms with Crippen LogP contribution in [0, 0.1) is 22.2 Å². The molecule has 2 atom stereocenters. The van der Waals surface area contributed by atoms with Crippen molar-refractivity contribution < 1.29 is 0 Å². The summed E-state index contributed by atoms with van der Waals surface area (Å²) < 4.78 is 0. The molecule has 1 rings (SSSR count). The van der Waals surface area contributed by atoms with Crippen molar-refractivity contribution in [1.29, 1.82) is 5.26 Å². The van der Waals surface area contributed by atoms with Gasteiger partial charge in [-0.3, -0.25) is 0 Å². The van der Waals surface area contributed by atoms with Gasteiger partial charge < -0.3 is 11.1 Å². The summed E-state index contributed by atoms with van der Waals surface area (Å²) in [5.74, 6) is 0. The van der Waals surface area contributed by atoms with Crippen LogP contribution < -0.4 is 11.1 Å². The van der Waals surface area contributed by atoms with Crippen LogP contribution in [-0.2, 0) is 0 Å². The molecule has 0 heterocycles. The molecular weight excluding hydrogens is 198 g/mol. The molecular formula is C13H25N3. The van der Waals surface area contributed by atoms with E-state index in [9.17, 15) is 0 Å². The van der Waals surface area contributed by atoms with E-state index in [0.717, 1.165) is 25.9 Å². The minimum atomic E-state index is 0.288. The lowest BCUT2D eigenvalue weighted by molar-refractivity contribution is 0.0830. The van der Waals surface area contributed by atoms with Crippen molar-refractivity contribution >= 4 is 0 Å². The van der Waals surface area contributed by atoms with Gasteiger partial charge in [-0.15, -0.1) is 0 Å². The molecule has 0 saturated heterocycles. The van der Waals surface area contributed by atoms with Crippen molar-refractivity contribution in [2.45, 2.75) is 52.5 Å². The maximum absolute atomic E-state index is 8.48. The number of hydrogen-bond donors (Lipinski definition) is 2. The van der Waals surface area contributed by atoms with Gasteiger partial charge in [0.1, 0.15) is 0 Å². The van der Waals surface area contributed by atoms with E-state index in [0.29, 0.717) is 17.9 Å². The van der Waals surface area contributed by atoms with E-state index in [1.165, 1.54) is 6.42 Å². The summed E-state index contributed by atoms with van der Waals surface area (Å²) >= 11 is 0. The lowest BCUT2D eigenvalue weighted by atomic mass is 9.63. The van der Waals surface area contributed by atoms with Crippen LogP contribution in [0.4, 0.5) is 0 Å². The fourth-order valence-corrected chi connectivity index (χ4v) is 3.38. The second kappa shape index (κ2) is 5.16. The van der Waals surface area contributed by atoms with Gasteiger partial charge in [0.2, 0.25) is 0 Å². The highest BCUT2D eigenvalue weighted by atomic mass is 14.9. The van der Waals surface area contributed by atoms with Crippen molar-refractivity contribution in [2.24, 2.45) is 16.6 Å². The average molecular weight is 223 g/mol. The van der Waals surface area contributed by atoms with Gasteiger partial charge in [0, 0.05) is 25.6 Å². The quantitative estimate of drug-likeness (QED) is 0.717. The van der Waals surface area contributed by atoms with Crippen LogP contribution in [-0.4, -0.2) is 19.1 Å². The molecule has 2 unspecified atom stereocenters. The molecule has 3 heteroatoms. The Hall–Kier alpha value is -0.590. The topological polar surface area (TPSA) is 61.8 Å². The second-order valence-corrected chi connectivity index (χ2v) is 6.40. The first kappa shape index (κ1) is 13.5. The summed E-state index contributed by atoms with van der Waals surface area (Å²) in [6.45, 7) is 8.69.